The average molecular weight is 753 g/mol. The Morgan fingerprint density at radius 2 is 1.39 bits per heavy atom. The van der Waals surface area contributed by atoms with Crippen molar-refractivity contribution in [2.45, 2.75) is 42.5 Å². The van der Waals surface area contributed by atoms with Crippen molar-refractivity contribution < 1.29 is 0 Å². The number of hydrogen-bond acceptors (Lipinski definition) is 5. The Kier molecular flexibility index (Phi) is 7.44. The molecule has 3 aliphatic carbocycles. The van der Waals surface area contributed by atoms with Crippen molar-refractivity contribution in [1.29, 1.82) is 0 Å². The molecule has 6 aromatic carbocycles. The van der Waals surface area contributed by atoms with Crippen molar-refractivity contribution in [1.82, 2.24) is 10.6 Å². The SMILES string of the molecule is C1=CC2c3cc4c(cc3N(C3=NC(c5ccccc5)NC(C5=CCCc6c5sc5ccccc65)N3)C2C=C1)C(c1ccccc1)(c1ccccc1)c1ccccc1-4. The molecule has 0 radical (unpaired) electrons. The Labute approximate surface area is 337 Å². The first-order chi connectivity index (χ1) is 28.3. The van der Waals surface area contributed by atoms with Gasteiger partial charge in [-0.05, 0) is 86.5 Å². The normalized spacial score (nSPS) is 22.1. The van der Waals surface area contributed by atoms with Crippen LogP contribution in [0.15, 0.2) is 187 Å². The van der Waals surface area contributed by atoms with Crippen LogP contribution in [0.25, 0.3) is 26.8 Å². The molecule has 0 fully saturated rings. The summed E-state index contributed by atoms with van der Waals surface area (Å²) in [6.45, 7) is 0. The van der Waals surface area contributed by atoms with E-state index >= 15 is 0 Å². The van der Waals surface area contributed by atoms with Gasteiger partial charge in [-0.3, -0.25) is 5.32 Å². The van der Waals surface area contributed by atoms with E-state index < -0.39 is 5.41 Å². The fourth-order valence-corrected chi connectivity index (χ4v) is 11.8. The molecule has 5 heteroatoms. The Bertz CT molecular complexity index is 2790. The summed E-state index contributed by atoms with van der Waals surface area (Å²) >= 11 is 1.92. The molecule has 0 spiro atoms. The highest BCUT2D eigenvalue weighted by atomic mass is 32.1. The number of fused-ring (bicyclic) bond motifs is 9. The van der Waals surface area contributed by atoms with Crippen molar-refractivity contribution in [2.24, 2.45) is 4.99 Å². The lowest BCUT2D eigenvalue weighted by Gasteiger charge is -2.39. The third-order valence-corrected chi connectivity index (χ3v) is 14.1. The van der Waals surface area contributed by atoms with E-state index in [1.54, 1.807) is 0 Å². The summed E-state index contributed by atoms with van der Waals surface area (Å²) in [6, 6.07) is 56.0. The second-order valence-electron chi connectivity index (χ2n) is 15.8. The van der Waals surface area contributed by atoms with Crippen molar-refractivity contribution in [3.63, 3.8) is 0 Å². The van der Waals surface area contributed by atoms with Gasteiger partial charge in [-0.2, -0.15) is 0 Å². The molecule has 0 saturated carbocycles. The summed E-state index contributed by atoms with van der Waals surface area (Å²) in [4.78, 5) is 9.49. The topological polar surface area (TPSA) is 39.7 Å². The highest BCUT2D eigenvalue weighted by Crippen LogP contribution is 2.59. The van der Waals surface area contributed by atoms with Gasteiger partial charge in [0.15, 0.2) is 0 Å². The van der Waals surface area contributed by atoms with Crippen LogP contribution in [-0.2, 0) is 11.8 Å². The molecule has 2 N–H and O–H groups in total. The minimum atomic E-state index is -0.489. The van der Waals surface area contributed by atoms with E-state index in [1.807, 2.05) is 11.3 Å². The van der Waals surface area contributed by atoms with Crippen molar-refractivity contribution in [3.8, 4) is 11.1 Å². The van der Waals surface area contributed by atoms with Crippen LogP contribution in [0.3, 0.4) is 0 Å². The van der Waals surface area contributed by atoms with E-state index in [1.165, 1.54) is 70.7 Å². The largest absolute Gasteiger partial charge is 0.336 e. The predicted octanol–water partition coefficient (Wildman–Crippen LogP) is 11.3. The molecule has 4 atom stereocenters. The number of anilines is 1. The zero-order valence-electron chi connectivity index (χ0n) is 31.3. The molecule has 3 heterocycles. The minimum absolute atomic E-state index is 0.0762. The summed E-state index contributed by atoms with van der Waals surface area (Å²) in [5.74, 6) is 1.08. The monoisotopic (exact) mass is 752 g/mol. The van der Waals surface area contributed by atoms with Gasteiger partial charge in [-0.25, -0.2) is 4.99 Å². The maximum absolute atomic E-state index is 5.59. The molecule has 1 aromatic heterocycles. The summed E-state index contributed by atoms with van der Waals surface area (Å²) in [7, 11) is 0. The smallest absolute Gasteiger partial charge is 0.202 e. The lowest BCUT2D eigenvalue weighted by molar-refractivity contribution is 0.452. The Morgan fingerprint density at radius 3 is 2.19 bits per heavy atom. The fraction of sp³-hybridized carbons (Fsp3) is 0.135. The molecule has 274 valence electrons. The third-order valence-electron chi connectivity index (χ3n) is 12.9. The molecule has 57 heavy (non-hydrogen) atoms. The maximum atomic E-state index is 5.59. The summed E-state index contributed by atoms with van der Waals surface area (Å²) in [5.41, 5.74) is 13.8. The number of guanidine groups is 1. The number of rotatable bonds is 4. The van der Waals surface area contributed by atoms with E-state index in [2.05, 4.69) is 198 Å². The molecule has 0 amide bonds. The van der Waals surface area contributed by atoms with Crippen LogP contribution in [0.5, 0.6) is 0 Å². The molecule has 5 aliphatic rings. The second kappa shape index (κ2) is 12.9. The van der Waals surface area contributed by atoms with Crippen molar-refractivity contribution in [3.05, 3.63) is 226 Å². The minimum Gasteiger partial charge on any atom is -0.336 e. The highest BCUT2D eigenvalue weighted by molar-refractivity contribution is 7.20. The first-order valence-electron chi connectivity index (χ1n) is 20.2. The highest BCUT2D eigenvalue weighted by Gasteiger charge is 2.49. The molecule has 0 saturated heterocycles. The predicted molar refractivity (Wildman–Crippen MR) is 236 cm³/mol. The molecule has 0 bridgehead atoms. The molecule has 4 nitrogen and oxygen atoms in total. The zero-order valence-corrected chi connectivity index (χ0v) is 32.2. The van der Waals surface area contributed by atoms with E-state index in [9.17, 15) is 0 Å². The van der Waals surface area contributed by atoms with Gasteiger partial charge in [0.1, 0.15) is 12.3 Å². The van der Waals surface area contributed by atoms with E-state index in [0.29, 0.717) is 0 Å². The molecule has 2 aliphatic heterocycles. The fourth-order valence-electron chi connectivity index (χ4n) is 10.4. The second-order valence-corrected chi connectivity index (χ2v) is 16.8. The first kappa shape index (κ1) is 32.9. The molecule has 12 rings (SSSR count). The van der Waals surface area contributed by atoms with Crippen LogP contribution in [0.1, 0.15) is 62.3 Å². The first-order valence-corrected chi connectivity index (χ1v) is 21.0. The standard InChI is InChI=1S/C52H40N4S/c1-4-17-33(18-5-1)49-53-50(40-27-16-26-39-38-25-12-15-30-47(38)57-48(39)40)55-51(54-49)56-45-29-14-11-24-37(45)42-31-41-36-23-10-13-28-43(36)52(44(41)32-46(42)56,34-19-6-2-7-20-34)35-21-8-3-9-22-35/h1-15,17-25,27-32,37,45,49-50,53H,16,26H2,(H,54,55). The number of nitrogens with one attached hydrogen (secondary N) is 2. The Morgan fingerprint density at radius 1 is 0.684 bits per heavy atom. The summed E-state index contributed by atoms with van der Waals surface area (Å²) in [6.07, 6.45) is 13.4. The number of nitrogens with zero attached hydrogens (tertiary/aromatic N) is 2. The molecule has 7 aromatic rings. The third kappa shape index (κ3) is 4.86. The summed E-state index contributed by atoms with van der Waals surface area (Å²) < 4.78 is 1.35. The van der Waals surface area contributed by atoms with Gasteiger partial charge in [0, 0.05) is 26.8 Å². The van der Waals surface area contributed by atoms with Gasteiger partial charge in [0.25, 0.3) is 0 Å². The van der Waals surface area contributed by atoms with Crippen LogP contribution >= 0.6 is 11.3 Å². The Hall–Kier alpha value is -6.27. The van der Waals surface area contributed by atoms with E-state index in [-0.39, 0.29) is 24.3 Å². The van der Waals surface area contributed by atoms with Crippen molar-refractivity contribution >= 4 is 38.6 Å². The van der Waals surface area contributed by atoms with Crippen LogP contribution in [0.2, 0.25) is 0 Å². The zero-order chi connectivity index (χ0) is 37.5. The van der Waals surface area contributed by atoms with Gasteiger partial charge in [-0.15, -0.1) is 11.3 Å². The van der Waals surface area contributed by atoms with E-state index in [0.717, 1.165) is 24.4 Å². The molecule has 4 unspecified atom stereocenters. The quantitative estimate of drug-likeness (QED) is 0.188. The number of aryl methyl sites for hydroxylation is 1. The molecular weight excluding hydrogens is 713 g/mol. The van der Waals surface area contributed by atoms with Gasteiger partial charge in [0.05, 0.1) is 11.5 Å². The van der Waals surface area contributed by atoms with Crippen LogP contribution < -0.4 is 15.5 Å². The van der Waals surface area contributed by atoms with Crippen molar-refractivity contribution in [2.75, 3.05) is 4.90 Å². The van der Waals surface area contributed by atoms with Gasteiger partial charge in [0.2, 0.25) is 5.96 Å². The number of hydrogen-bond donors (Lipinski definition) is 2. The number of allylic oxidation sites excluding steroid dienone is 3. The average Bonchev–Trinajstić information content (AvgIpc) is 3.92. The van der Waals surface area contributed by atoms with Gasteiger partial charge < -0.3 is 10.2 Å². The number of thiophene rings is 1. The summed E-state index contributed by atoms with van der Waals surface area (Å²) in [5, 5.41) is 9.39. The van der Waals surface area contributed by atoms with Crippen LogP contribution in [0, 0.1) is 0 Å². The van der Waals surface area contributed by atoms with Crippen LogP contribution in [-0.4, -0.2) is 18.2 Å². The lowest BCUT2D eigenvalue weighted by Crippen LogP contribution is -2.58. The lowest BCUT2D eigenvalue weighted by atomic mass is 9.67. The number of aliphatic imine (C=N–C) groups is 1. The van der Waals surface area contributed by atoms with E-state index in [4.69, 9.17) is 4.99 Å². The molecular formula is C52H40N4S. The number of benzene rings is 6. The van der Waals surface area contributed by atoms with Gasteiger partial charge >= 0.3 is 0 Å². The van der Waals surface area contributed by atoms with Crippen LogP contribution in [0.4, 0.5) is 5.69 Å². The Balaban J connectivity index is 1.06. The van der Waals surface area contributed by atoms with Gasteiger partial charge in [-0.1, -0.05) is 164 Å². The maximum Gasteiger partial charge on any atom is 0.202 e.